The summed E-state index contributed by atoms with van der Waals surface area (Å²) in [6.45, 7) is 5.34. The number of amides is 1. The van der Waals surface area contributed by atoms with Gasteiger partial charge in [-0.1, -0.05) is 30.3 Å². The summed E-state index contributed by atoms with van der Waals surface area (Å²) in [7, 11) is 1.57. The molecule has 1 aromatic rings. The van der Waals surface area contributed by atoms with Crippen LogP contribution in [0.4, 0.5) is 4.79 Å². The number of hydrogen-bond donors (Lipinski definition) is 1. The van der Waals surface area contributed by atoms with Gasteiger partial charge in [0.25, 0.3) is 0 Å². The number of carbonyl (C=O) groups is 2. The molecule has 0 aliphatic carbocycles. The Hall–Kier alpha value is -2.04. The van der Waals surface area contributed by atoms with Crippen molar-refractivity contribution in [3.05, 3.63) is 35.9 Å². The maximum atomic E-state index is 12.1. The minimum absolute atomic E-state index is 0.120. The monoisotopic (exact) mass is 293 g/mol. The Kier molecular flexibility index (Phi) is 5.76. The molecule has 0 aliphatic heterocycles. The first-order valence-corrected chi connectivity index (χ1v) is 6.90. The summed E-state index contributed by atoms with van der Waals surface area (Å²) in [5.74, 6) is -0.939. The van der Waals surface area contributed by atoms with Gasteiger partial charge in [0.1, 0.15) is 5.60 Å². The smallest absolute Gasteiger partial charge is 0.410 e. The highest BCUT2D eigenvalue weighted by molar-refractivity contribution is 5.71. The molecule has 1 aromatic carbocycles. The van der Waals surface area contributed by atoms with E-state index in [2.05, 4.69) is 0 Å². The van der Waals surface area contributed by atoms with Gasteiger partial charge in [-0.05, 0) is 32.8 Å². The van der Waals surface area contributed by atoms with Crippen LogP contribution in [0.5, 0.6) is 0 Å². The molecule has 0 aliphatic rings. The Morgan fingerprint density at radius 3 is 2.29 bits per heavy atom. The zero-order chi connectivity index (χ0) is 16.0. The summed E-state index contributed by atoms with van der Waals surface area (Å²) in [6.07, 6.45) is -0.155. The van der Waals surface area contributed by atoms with Gasteiger partial charge in [-0.2, -0.15) is 0 Å². The van der Waals surface area contributed by atoms with E-state index >= 15 is 0 Å². The second-order valence-electron chi connectivity index (χ2n) is 6.03. The summed E-state index contributed by atoms with van der Waals surface area (Å²) in [6, 6.07) is 9.06. The van der Waals surface area contributed by atoms with Crippen molar-refractivity contribution < 1.29 is 19.4 Å². The van der Waals surface area contributed by atoms with Gasteiger partial charge >= 0.3 is 12.1 Å². The summed E-state index contributed by atoms with van der Waals surface area (Å²) >= 11 is 0. The highest BCUT2D eigenvalue weighted by Gasteiger charge is 2.27. The first-order valence-electron chi connectivity index (χ1n) is 6.90. The minimum Gasteiger partial charge on any atom is -0.481 e. The molecule has 0 fully saturated rings. The largest absolute Gasteiger partial charge is 0.481 e. The molecule has 0 unspecified atom stereocenters. The van der Waals surface area contributed by atoms with E-state index in [0.717, 1.165) is 5.56 Å². The Balaban J connectivity index is 2.81. The van der Waals surface area contributed by atoms with E-state index in [9.17, 15) is 9.59 Å². The molecule has 0 saturated carbocycles. The number of aliphatic carboxylic acids is 1. The highest BCUT2D eigenvalue weighted by Crippen LogP contribution is 2.15. The summed E-state index contributed by atoms with van der Waals surface area (Å²) in [5.41, 5.74) is 0.380. The van der Waals surface area contributed by atoms with Crippen LogP contribution in [0.15, 0.2) is 30.3 Å². The maximum Gasteiger partial charge on any atom is 0.410 e. The van der Waals surface area contributed by atoms with E-state index in [0.29, 0.717) is 6.42 Å². The number of carbonyl (C=O) groups excluding carboxylic acids is 1. The number of carboxylic acid groups (broad SMARTS) is 1. The van der Waals surface area contributed by atoms with Crippen LogP contribution in [0, 0.1) is 0 Å². The van der Waals surface area contributed by atoms with Crippen LogP contribution in [0.3, 0.4) is 0 Å². The van der Waals surface area contributed by atoms with Gasteiger partial charge in [0.2, 0.25) is 0 Å². The average Bonchev–Trinajstić information content (AvgIpc) is 2.35. The molecule has 0 bridgehead atoms. The normalized spacial score (nSPS) is 12.6. The van der Waals surface area contributed by atoms with Crippen LogP contribution < -0.4 is 0 Å². The zero-order valence-corrected chi connectivity index (χ0v) is 13.0. The number of likely N-dealkylation sites (N-methyl/N-ethyl adjacent to an activating group) is 1. The lowest BCUT2D eigenvalue weighted by atomic mass is 10.0. The lowest BCUT2D eigenvalue weighted by Crippen LogP contribution is -2.42. The van der Waals surface area contributed by atoms with E-state index in [1.54, 1.807) is 27.8 Å². The SMILES string of the molecule is CN(C(=O)OC(C)(C)C)[C@H](CC(=O)O)Cc1ccccc1. The Morgan fingerprint density at radius 2 is 1.81 bits per heavy atom. The first kappa shape index (κ1) is 17.0. The zero-order valence-electron chi connectivity index (χ0n) is 13.0. The molecule has 1 atom stereocenters. The lowest BCUT2D eigenvalue weighted by molar-refractivity contribution is -0.138. The first-order chi connectivity index (χ1) is 9.69. The molecule has 0 saturated heterocycles. The number of carboxylic acids is 1. The van der Waals surface area contributed by atoms with Crippen LogP contribution in [0.2, 0.25) is 0 Å². The minimum atomic E-state index is -0.939. The summed E-state index contributed by atoms with van der Waals surface area (Å²) < 4.78 is 5.29. The average molecular weight is 293 g/mol. The van der Waals surface area contributed by atoms with E-state index in [4.69, 9.17) is 9.84 Å². The van der Waals surface area contributed by atoms with Gasteiger partial charge in [-0.3, -0.25) is 4.79 Å². The van der Waals surface area contributed by atoms with Crippen LogP contribution in [0.25, 0.3) is 0 Å². The van der Waals surface area contributed by atoms with Crippen molar-refractivity contribution in [2.45, 2.75) is 45.3 Å². The van der Waals surface area contributed by atoms with Crippen molar-refractivity contribution in [3.8, 4) is 0 Å². The molecule has 0 spiro atoms. The third kappa shape index (κ3) is 6.29. The molecule has 1 amide bonds. The number of ether oxygens (including phenoxy) is 1. The Morgan fingerprint density at radius 1 is 1.24 bits per heavy atom. The van der Waals surface area contributed by atoms with E-state index < -0.39 is 23.7 Å². The van der Waals surface area contributed by atoms with Gasteiger partial charge in [0.15, 0.2) is 0 Å². The standard InChI is InChI=1S/C16H23NO4/c1-16(2,3)21-15(20)17(4)13(11-14(18)19)10-12-8-6-5-7-9-12/h5-9,13H,10-11H2,1-4H3,(H,18,19)/t13-/m0/s1. The summed E-state index contributed by atoms with van der Waals surface area (Å²) in [4.78, 5) is 24.5. The molecule has 5 heteroatoms. The molecular formula is C16H23NO4. The molecule has 1 rings (SSSR count). The number of benzene rings is 1. The lowest BCUT2D eigenvalue weighted by Gasteiger charge is -2.30. The third-order valence-electron chi connectivity index (χ3n) is 2.95. The van der Waals surface area contributed by atoms with Gasteiger partial charge in [0.05, 0.1) is 6.42 Å². The van der Waals surface area contributed by atoms with Crippen molar-refractivity contribution in [3.63, 3.8) is 0 Å². The van der Waals surface area contributed by atoms with Crippen molar-refractivity contribution in [1.82, 2.24) is 4.90 Å². The molecule has 1 N–H and O–H groups in total. The van der Waals surface area contributed by atoms with E-state index in [1.807, 2.05) is 30.3 Å². The molecule has 5 nitrogen and oxygen atoms in total. The van der Waals surface area contributed by atoms with Crippen molar-refractivity contribution in [1.29, 1.82) is 0 Å². The molecule has 0 aromatic heterocycles. The predicted molar refractivity (Wildman–Crippen MR) is 80.2 cm³/mol. The maximum absolute atomic E-state index is 12.1. The fraction of sp³-hybridized carbons (Fsp3) is 0.500. The second kappa shape index (κ2) is 7.11. The van der Waals surface area contributed by atoms with Crippen LogP contribution in [-0.4, -0.2) is 40.8 Å². The molecule has 0 radical (unpaired) electrons. The predicted octanol–water partition coefficient (Wildman–Crippen LogP) is 2.94. The van der Waals surface area contributed by atoms with E-state index in [-0.39, 0.29) is 6.42 Å². The molecule has 116 valence electrons. The number of nitrogens with zero attached hydrogens (tertiary/aromatic N) is 1. The number of rotatable bonds is 5. The second-order valence-corrected chi connectivity index (χ2v) is 6.03. The topological polar surface area (TPSA) is 66.8 Å². The van der Waals surface area contributed by atoms with Crippen molar-refractivity contribution in [2.75, 3.05) is 7.05 Å². The van der Waals surface area contributed by atoms with Crippen LogP contribution in [0.1, 0.15) is 32.8 Å². The Labute approximate surface area is 125 Å². The van der Waals surface area contributed by atoms with Gasteiger partial charge < -0.3 is 14.7 Å². The fourth-order valence-corrected chi connectivity index (χ4v) is 1.92. The Bertz CT molecular complexity index is 479. The number of hydrogen-bond acceptors (Lipinski definition) is 3. The molecule has 21 heavy (non-hydrogen) atoms. The van der Waals surface area contributed by atoms with Gasteiger partial charge in [-0.25, -0.2) is 4.79 Å². The van der Waals surface area contributed by atoms with E-state index in [1.165, 1.54) is 4.90 Å². The third-order valence-corrected chi connectivity index (χ3v) is 2.95. The fourth-order valence-electron chi connectivity index (χ4n) is 1.92. The van der Waals surface area contributed by atoms with Crippen LogP contribution in [-0.2, 0) is 16.0 Å². The van der Waals surface area contributed by atoms with Crippen LogP contribution >= 0.6 is 0 Å². The quantitative estimate of drug-likeness (QED) is 0.906. The summed E-state index contributed by atoms with van der Waals surface area (Å²) in [5, 5.41) is 9.05. The molecular weight excluding hydrogens is 270 g/mol. The van der Waals surface area contributed by atoms with Gasteiger partial charge in [-0.15, -0.1) is 0 Å². The highest BCUT2D eigenvalue weighted by atomic mass is 16.6. The van der Waals surface area contributed by atoms with Crippen molar-refractivity contribution >= 4 is 12.1 Å². The molecule has 0 heterocycles. The van der Waals surface area contributed by atoms with Gasteiger partial charge in [0, 0.05) is 13.1 Å². The van der Waals surface area contributed by atoms with Crippen molar-refractivity contribution in [2.24, 2.45) is 0 Å².